The fraction of sp³-hybridized carbons (Fsp3) is 0.391. The van der Waals surface area contributed by atoms with Crippen LogP contribution in [0, 0.1) is 0 Å². The topological polar surface area (TPSA) is 66.4 Å². The molecular weight excluding hydrogens is 380 g/mol. The van der Waals surface area contributed by atoms with E-state index in [1.165, 1.54) is 12.1 Å². The van der Waals surface area contributed by atoms with Gasteiger partial charge < -0.3 is 24.7 Å². The second kappa shape index (κ2) is 8.75. The van der Waals surface area contributed by atoms with Crippen LogP contribution in [-0.4, -0.2) is 63.0 Å². The number of carbonyl (C=O) groups is 1. The smallest absolute Gasteiger partial charge is 0.268 e. The normalized spacial score (nSPS) is 20.8. The second-order valence-electron chi connectivity index (χ2n) is 7.95. The summed E-state index contributed by atoms with van der Waals surface area (Å²) in [6, 6.07) is 16.2. The highest BCUT2D eigenvalue weighted by atomic mass is 16.6. The van der Waals surface area contributed by atoms with Crippen LogP contribution in [0.25, 0.3) is 0 Å². The van der Waals surface area contributed by atoms with Gasteiger partial charge in [0.05, 0.1) is 12.8 Å². The third-order valence-electron chi connectivity index (χ3n) is 5.78. The quantitative estimate of drug-likeness (QED) is 0.796. The van der Waals surface area contributed by atoms with Crippen LogP contribution in [0.1, 0.15) is 18.4 Å². The number of benzene rings is 2. The van der Waals surface area contributed by atoms with Gasteiger partial charge >= 0.3 is 0 Å². The Morgan fingerprint density at radius 3 is 2.53 bits per heavy atom. The Morgan fingerprint density at radius 2 is 1.90 bits per heavy atom. The summed E-state index contributed by atoms with van der Waals surface area (Å²) in [5.41, 5.74) is 3.63. The van der Waals surface area contributed by atoms with Crippen molar-refractivity contribution in [3.05, 3.63) is 54.1 Å². The molecule has 4 rings (SSSR count). The van der Waals surface area contributed by atoms with Crippen molar-refractivity contribution in [1.82, 2.24) is 4.90 Å². The van der Waals surface area contributed by atoms with Crippen LogP contribution in [-0.2, 0) is 9.63 Å². The van der Waals surface area contributed by atoms with E-state index < -0.39 is 6.10 Å². The number of hydrogen-bond donors (Lipinski definition) is 1. The lowest BCUT2D eigenvalue weighted by molar-refractivity contribution is -0.125. The molecule has 0 bridgehead atoms. The lowest BCUT2D eigenvalue weighted by Crippen LogP contribution is -2.31. The number of nitrogens with one attached hydrogen (secondary N) is 1. The minimum absolute atomic E-state index is 0.191. The summed E-state index contributed by atoms with van der Waals surface area (Å²) in [6.45, 7) is 2.08. The summed E-state index contributed by atoms with van der Waals surface area (Å²) in [5.74, 6) is 0.589. The van der Waals surface area contributed by atoms with E-state index >= 15 is 0 Å². The summed E-state index contributed by atoms with van der Waals surface area (Å²) < 4.78 is 5.17. The first-order chi connectivity index (χ1) is 14.5. The molecule has 0 radical (unpaired) electrons. The number of likely N-dealkylation sites (N-methyl/N-ethyl adjacent to an activating group) is 1. The zero-order chi connectivity index (χ0) is 21.1. The molecule has 1 N–H and O–H groups in total. The maximum absolute atomic E-state index is 12.6. The van der Waals surface area contributed by atoms with Crippen molar-refractivity contribution in [2.24, 2.45) is 5.16 Å². The largest absolute Gasteiger partial charge is 0.497 e. The molecule has 2 aromatic carbocycles. The molecule has 2 unspecified atom stereocenters. The van der Waals surface area contributed by atoms with Crippen molar-refractivity contribution in [3.63, 3.8) is 0 Å². The number of rotatable bonds is 6. The number of hydrogen-bond acceptors (Lipinski definition) is 6. The Labute approximate surface area is 177 Å². The van der Waals surface area contributed by atoms with E-state index in [0.29, 0.717) is 12.5 Å². The molecule has 7 heteroatoms. The zero-order valence-electron chi connectivity index (χ0n) is 17.7. The highest BCUT2D eigenvalue weighted by Gasteiger charge is 2.29. The third kappa shape index (κ3) is 4.41. The average Bonchev–Trinajstić information content (AvgIpc) is 3.45. The molecule has 0 aliphatic carbocycles. The molecule has 158 valence electrons. The van der Waals surface area contributed by atoms with Gasteiger partial charge in [0, 0.05) is 36.9 Å². The molecule has 0 aromatic heterocycles. The van der Waals surface area contributed by atoms with Crippen molar-refractivity contribution in [3.8, 4) is 5.75 Å². The molecule has 1 saturated heterocycles. The first-order valence-corrected chi connectivity index (χ1v) is 10.2. The van der Waals surface area contributed by atoms with Gasteiger partial charge in [-0.05, 0) is 74.6 Å². The van der Waals surface area contributed by atoms with E-state index in [1.54, 1.807) is 7.11 Å². The van der Waals surface area contributed by atoms with Gasteiger partial charge in [-0.1, -0.05) is 5.16 Å². The SMILES string of the molecule is COc1ccc(C2=NOC(C(=O)Nc3ccc(N4CCC(N(C)C)C4)cc3)C2)cc1. The molecule has 2 aliphatic rings. The first kappa shape index (κ1) is 20.2. The average molecular weight is 409 g/mol. The van der Waals surface area contributed by atoms with Crippen molar-refractivity contribution in [1.29, 1.82) is 0 Å². The Balaban J connectivity index is 1.31. The summed E-state index contributed by atoms with van der Waals surface area (Å²) in [5, 5.41) is 7.03. The summed E-state index contributed by atoms with van der Waals surface area (Å²) in [7, 11) is 5.88. The van der Waals surface area contributed by atoms with Gasteiger partial charge in [-0.3, -0.25) is 4.79 Å². The highest BCUT2D eigenvalue weighted by molar-refractivity contribution is 6.06. The third-order valence-corrected chi connectivity index (χ3v) is 5.78. The van der Waals surface area contributed by atoms with E-state index in [4.69, 9.17) is 9.57 Å². The van der Waals surface area contributed by atoms with Gasteiger partial charge in [0.15, 0.2) is 0 Å². The van der Waals surface area contributed by atoms with E-state index in [2.05, 4.69) is 46.5 Å². The Kier molecular flexibility index (Phi) is 5.90. The van der Waals surface area contributed by atoms with E-state index in [0.717, 1.165) is 35.8 Å². The first-order valence-electron chi connectivity index (χ1n) is 10.2. The van der Waals surface area contributed by atoms with Gasteiger partial charge in [0.1, 0.15) is 5.75 Å². The molecule has 1 fully saturated rings. The maximum atomic E-state index is 12.6. The lowest BCUT2D eigenvalue weighted by atomic mass is 10.0. The predicted octanol–water partition coefficient (Wildman–Crippen LogP) is 2.97. The molecule has 2 aliphatic heterocycles. The Morgan fingerprint density at radius 1 is 1.17 bits per heavy atom. The van der Waals surface area contributed by atoms with Crippen molar-refractivity contribution in [2.75, 3.05) is 44.5 Å². The van der Waals surface area contributed by atoms with E-state index in [1.807, 2.05) is 36.4 Å². The molecule has 2 aromatic rings. The van der Waals surface area contributed by atoms with Crippen molar-refractivity contribution >= 4 is 23.0 Å². The number of ether oxygens (including phenoxy) is 1. The fourth-order valence-corrected chi connectivity index (χ4v) is 3.85. The standard InChI is InChI=1S/C23H28N4O3/c1-26(2)19-12-13-27(15-19)18-8-6-17(7-9-18)24-23(28)22-14-21(25-30-22)16-4-10-20(29-3)11-5-16/h4-11,19,22H,12-15H2,1-3H3,(H,24,28). The van der Waals surface area contributed by atoms with Crippen LogP contribution in [0.2, 0.25) is 0 Å². The van der Waals surface area contributed by atoms with Gasteiger partial charge in [-0.15, -0.1) is 0 Å². The fourth-order valence-electron chi connectivity index (χ4n) is 3.85. The van der Waals surface area contributed by atoms with Crippen LogP contribution >= 0.6 is 0 Å². The van der Waals surface area contributed by atoms with Crippen molar-refractivity contribution in [2.45, 2.75) is 25.0 Å². The minimum Gasteiger partial charge on any atom is -0.497 e. The maximum Gasteiger partial charge on any atom is 0.268 e. The van der Waals surface area contributed by atoms with E-state index in [-0.39, 0.29) is 5.91 Å². The van der Waals surface area contributed by atoms with Crippen LogP contribution in [0.5, 0.6) is 5.75 Å². The predicted molar refractivity (Wildman–Crippen MR) is 118 cm³/mol. The van der Waals surface area contributed by atoms with Crippen LogP contribution in [0.3, 0.4) is 0 Å². The monoisotopic (exact) mass is 408 g/mol. The molecule has 1 amide bonds. The summed E-state index contributed by atoms with van der Waals surface area (Å²) >= 11 is 0. The zero-order valence-corrected chi connectivity index (χ0v) is 17.7. The molecule has 0 saturated carbocycles. The number of carbonyl (C=O) groups excluding carboxylic acids is 1. The molecule has 7 nitrogen and oxygen atoms in total. The van der Waals surface area contributed by atoms with Gasteiger partial charge in [0.2, 0.25) is 6.10 Å². The van der Waals surface area contributed by atoms with Crippen LogP contribution in [0.4, 0.5) is 11.4 Å². The lowest BCUT2D eigenvalue weighted by Gasteiger charge is -2.22. The molecule has 2 heterocycles. The molecule has 0 spiro atoms. The van der Waals surface area contributed by atoms with Crippen molar-refractivity contribution < 1.29 is 14.4 Å². The number of anilines is 2. The summed E-state index contributed by atoms with van der Waals surface area (Å²) in [6.07, 6.45) is 0.984. The number of methoxy groups -OCH3 is 1. The minimum atomic E-state index is -0.624. The highest BCUT2D eigenvalue weighted by Crippen LogP contribution is 2.25. The number of nitrogens with zero attached hydrogens (tertiary/aromatic N) is 3. The van der Waals surface area contributed by atoms with Gasteiger partial charge in [-0.2, -0.15) is 0 Å². The molecule has 2 atom stereocenters. The van der Waals surface area contributed by atoms with Crippen LogP contribution < -0.4 is 15.0 Å². The van der Waals surface area contributed by atoms with Crippen LogP contribution in [0.15, 0.2) is 53.7 Å². The number of amides is 1. The summed E-state index contributed by atoms with van der Waals surface area (Å²) in [4.78, 5) is 22.6. The Hall–Kier alpha value is -3.06. The van der Waals surface area contributed by atoms with Gasteiger partial charge in [0.25, 0.3) is 5.91 Å². The van der Waals surface area contributed by atoms with Gasteiger partial charge in [-0.25, -0.2) is 0 Å². The molecular formula is C23H28N4O3. The molecule has 30 heavy (non-hydrogen) atoms. The Bertz CT molecular complexity index is 909. The van der Waals surface area contributed by atoms with E-state index in [9.17, 15) is 4.79 Å². The second-order valence-corrected chi connectivity index (χ2v) is 7.95. The number of oxime groups is 1.